The van der Waals surface area contributed by atoms with Crippen molar-refractivity contribution in [1.29, 1.82) is 0 Å². The molecule has 12 nitrogen and oxygen atoms in total. The second-order valence-corrected chi connectivity index (χ2v) is 21.9. The third-order valence-corrected chi connectivity index (χ3v) is 18.4. The molecule has 0 N–H and O–H groups in total. The number of methoxy groups -OCH3 is 3. The van der Waals surface area contributed by atoms with Crippen molar-refractivity contribution < 1.29 is 42.6 Å². The molecule has 0 radical (unpaired) electrons. The zero-order valence-corrected chi connectivity index (χ0v) is 44.1. The van der Waals surface area contributed by atoms with Gasteiger partial charge in [0.1, 0.15) is 35.1 Å². The summed E-state index contributed by atoms with van der Waals surface area (Å²) in [6.07, 6.45) is 17.5. The topological polar surface area (TPSA) is 126 Å². The summed E-state index contributed by atoms with van der Waals surface area (Å²) in [6.45, 7) is 7.84. The molecule has 6 saturated heterocycles. The van der Waals surface area contributed by atoms with E-state index in [1.807, 2.05) is 128 Å². The second kappa shape index (κ2) is 20.4. The minimum absolute atomic E-state index is 0.0125. The van der Waals surface area contributed by atoms with Gasteiger partial charge in [-0.05, 0) is 110 Å². The number of quaternary nitrogens is 1. The number of piperidine rings is 6. The highest BCUT2D eigenvalue weighted by molar-refractivity contribution is 6.20. The highest BCUT2D eigenvalue weighted by Gasteiger charge is 2.59. The van der Waals surface area contributed by atoms with Crippen LogP contribution >= 0.6 is 0 Å². The number of carbonyl (C=O) groups is 3. The average Bonchev–Trinajstić information content (AvgIpc) is 3.48. The van der Waals surface area contributed by atoms with Gasteiger partial charge in [-0.1, -0.05) is 74.9 Å². The van der Waals surface area contributed by atoms with E-state index < -0.39 is 30.0 Å². The fourth-order valence-electron chi connectivity index (χ4n) is 14.5. The van der Waals surface area contributed by atoms with Crippen molar-refractivity contribution in [3.05, 3.63) is 161 Å². The van der Waals surface area contributed by atoms with Crippen LogP contribution < -0.4 is 18.9 Å². The molecule has 2 aromatic heterocycles. The Kier molecular flexibility index (Phi) is 13.4. The Morgan fingerprint density at radius 3 is 1.87 bits per heavy atom. The number of ether oxygens (including phenoxy) is 5. The van der Waals surface area contributed by atoms with Crippen molar-refractivity contribution in [3.63, 3.8) is 0 Å². The van der Waals surface area contributed by atoms with Gasteiger partial charge in [-0.2, -0.15) is 0 Å². The third kappa shape index (κ3) is 8.48. The van der Waals surface area contributed by atoms with Crippen LogP contribution in [0.4, 0.5) is 0 Å². The van der Waals surface area contributed by atoms with E-state index in [4.69, 9.17) is 33.7 Å². The number of esters is 1. The molecule has 8 heterocycles. The van der Waals surface area contributed by atoms with Crippen LogP contribution in [0.25, 0.3) is 27.9 Å². The number of allylic oxidation sites excluding steroid dienone is 4. The van der Waals surface area contributed by atoms with Crippen molar-refractivity contribution in [1.82, 2.24) is 14.9 Å². The zero-order chi connectivity index (χ0) is 52.2. The van der Waals surface area contributed by atoms with Crippen LogP contribution in [0.5, 0.6) is 23.0 Å². The quantitative estimate of drug-likeness (QED) is 0.0554. The maximum Gasteiger partial charge on any atom is 0.392 e. The summed E-state index contributed by atoms with van der Waals surface area (Å²) >= 11 is 0. The Morgan fingerprint density at radius 2 is 1.30 bits per heavy atom. The Balaban J connectivity index is 1.06. The number of rotatable bonds is 15. The minimum atomic E-state index is -0.761. The average molecular weight is 1020 g/mol. The molecule has 6 aromatic rings. The number of hydrogen-bond donors (Lipinski definition) is 0. The Labute approximate surface area is 444 Å². The van der Waals surface area contributed by atoms with Gasteiger partial charge in [0.2, 0.25) is 5.70 Å². The predicted octanol–water partition coefficient (Wildman–Crippen LogP) is 11.7. The number of nitrogens with zero attached hydrogens (tertiary/aromatic N) is 4. The summed E-state index contributed by atoms with van der Waals surface area (Å²) < 4.78 is 32.9. The summed E-state index contributed by atoms with van der Waals surface area (Å²) in [4.78, 5) is 58.0. The highest BCUT2D eigenvalue weighted by atomic mass is 16.5. The molecule has 0 saturated carbocycles. The van der Waals surface area contributed by atoms with Gasteiger partial charge in [0.25, 0.3) is 0 Å². The number of carbonyl (C=O) groups excluding carboxylic acids is 3. The highest BCUT2D eigenvalue weighted by Crippen LogP contribution is 2.54. The van der Waals surface area contributed by atoms with Crippen LogP contribution in [0.15, 0.2) is 133 Å². The number of ketones is 2. The van der Waals surface area contributed by atoms with Gasteiger partial charge in [-0.3, -0.25) is 28.9 Å². The van der Waals surface area contributed by atoms with E-state index in [-0.39, 0.29) is 34.8 Å². The van der Waals surface area contributed by atoms with Gasteiger partial charge in [0.15, 0.2) is 17.7 Å². The number of pyridine rings is 2. The monoisotopic (exact) mass is 1020 g/mol. The summed E-state index contributed by atoms with van der Waals surface area (Å²) in [5.74, 6) is 1.59. The molecule has 12 atom stereocenters. The van der Waals surface area contributed by atoms with Crippen molar-refractivity contribution >= 4 is 45.4 Å². The first-order valence-electron chi connectivity index (χ1n) is 27.4. The van der Waals surface area contributed by atoms with E-state index in [1.54, 1.807) is 20.4 Å². The lowest BCUT2D eigenvalue weighted by atomic mass is 9.69. The molecule has 4 bridgehead atoms. The fraction of sp³-hybridized carbons (Fsp3) is 0.391. The Bertz CT molecular complexity index is 3330. The van der Waals surface area contributed by atoms with Crippen molar-refractivity contribution in [2.75, 3.05) is 47.5 Å². The molecule has 0 amide bonds. The van der Waals surface area contributed by atoms with Crippen LogP contribution in [0.2, 0.25) is 0 Å². The number of aromatic nitrogens is 2. The molecular formula is C64H67N4O8+. The van der Waals surface area contributed by atoms with Crippen molar-refractivity contribution in [3.8, 4) is 23.0 Å². The number of benzene rings is 4. The Hall–Kier alpha value is -7.15. The number of hydrogen-bond acceptors (Lipinski definition) is 11. The molecule has 6 fully saturated rings. The molecule has 8 aliphatic rings. The van der Waals surface area contributed by atoms with Crippen LogP contribution in [0, 0.1) is 35.5 Å². The van der Waals surface area contributed by atoms with Crippen LogP contribution in [0.1, 0.15) is 102 Å². The van der Waals surface area contributed by atoms with E-state index in [0.29, 0.717) is 69.9 Å². The molecule has 14 rings (SSSR count). The minimum Gasteiger partial charge on any atom is -0.497 e. The first-order valence-corrected chi connectivity index (χ1v) is 27.4. The largest absolute Gasteiger partial charge is 0.497 e. The van der Waals surface area contributed by atoms with Crippen molar-refractivity contribution in [2.45, 2.75) is 76.7 Å². The van der Waals surface area contributed by atoms with Crippen LogP contribution in [-0.2, 0) is 9.53 Å². The second-order valence-electron chi connectivity index (χ2n) is 21.9. The lowest BCUT2D eigenvalue weighted by Gasteiger charge is -2.58. The molecule has 390 valence electrons. The lowest BCUT2D eigenvalue weighted by Crippen LogP contribution is -2.69. The first-order chi connectivity index (χ1) is 37.1. The maximum atomic E-state index is 15.6. The van der Waals surface area contributed by atoms with Crippen molar-refractivity contribution in [2.24, 2.45) is 35.5 Å². The fourth-order valence-corrected chi connectivity index (χ4v) is 14.5. The predicted molar refractivity (Wildman–Crippen MR) is 292 cm³/mol. The molecule has 2 aliphatic carbocycles. The first kappa shape index (κ1) is 49.7. The van der Waals surface area contributed by atoms with E-state index in [9.17, 15) is 4.79 Å². The van der Waals surface area contributed by atoms with Gasteiger partial charge in [0.05, 0.1) is 74.5 Å². The van der Waals surface area contributed by atoms with Gasteiger partial charge in [-0.15, -0.1) is 0 Å². The number of fused-ring (bicyclic) bond motifs is 10. The van der Waals surface area contributed by atoms with Gasteiger partial charge in [-0.25, -0.2) is 4.79 Å². The summed E-state index contributed by atoms with van der Waals surface area (Å²) in [5, 5.41) is 1.74. The maximum absolute atomic E-state index is 15.6. The van der Waals surface area contributed by atoms with E-state index in [2.05, 4.69) is 18.7 Å². The molecule has 0 spiro atoms. The van der Waals surface area contributed by atoms with Gasteiger partial charge < -0.3 is 23.7 Å². The normalized spacial score (nSPS) is 28.2. The van der Waals surface area contributed by atoms with Gasteiger partial charge in [0, 0.05) is 65.7 Å². The van der Waals surface area contributed by atoms with E-state index in [1.165, 1.54) is 7.11 Å². The van der Waals surface area contributed by atoms with E-state index in [0.717, 1.165) is 90.1 Å². The summed E-state index contributed by atoms with van der Waals surface area (Å²) in [5.41, 5.74) is 5.24. The third-order valence-electron chi connectivity index (χ3n) is 18.4. The number of Topliss-reactive ketones (excluding diaryl/α,β-unsaturated/α-hetero) is 2. The molecule has 6 aliphatic heterocycles. The van der Waals surface area contributed by atoms with E-state index >= 15 is 9.59 Å². The van der Waals surface area contributed by atoms with Crippen LogP contribution in [-0.4, -0.2) is 96.5 Å². The van der Waals surface area contributed by atoms with Gasteiger partial charge >= 0.3 is 5.97 Å². The molecule has 4 aromatic carbocycles. The standard InChI is InChI=1S/C64H67N4O8/c1-6-39-36-67-29-25-41(39)32-53(67)62(47-23-27-65-51-19-17-43(72-3)34-49(47)51)75-56-21-22-57(59-58(56)60(69)45-15-11-12-16-46(45)61(59)70)76-63(48-24-28-66-52-20-18-44(73-4)35-50(48)52)54-33-42-26-30-68(54,37-40(42)7-2)55(64(71)74-5)31-38-13-9-8-10-14-38/h8-24,27-28,31,34-35,39-42,45-46,53-54,62-63H,6-7,25-26,29-30,32-33,36-37H2,1-5H3/q+1/b55-31-/t39?,40?,41?,42?,45?,46?,53-,54?,62+,63?,68?/m1/s1. The summed E-state index contributed by atoms with van der Waals surface area (Å²) in [7, 11) is 4.77. The lowest BCUT2D eigenvalue weighted by molar-refractivity contribution is -0.936. The molecule has 10 unspecified atom stereocenters. The van der Waals surface area contributed by atoms with Crippen LogP contribution in [0.3, 0.4) is 0 Å². The molecule has 12 heteroatoms. The molecular weight excluding hydrogens is 953 g/mol. The molecule has 76 heavy (non-hydrogen) atoms. The summed E-state index contributed by atoms with van der Waals surface area (Å²) in [6, 6.07) is 29.1. The smallest absolute Gasteiger partial charge is 0.392 e. The zero-order valence-electron chi connectivity index (χ0n) is 44.1. The SMILES string of the molecule is CCC1CN2CCC1C[C@@H]2[C@@H](Oc1ccc(OC(c2ccnc3ccc(OC)cc23)C2CC3CC[N+]2(/C(=C\c2ccccc2)C(=O)OC)CC3CC)c2c1C(=O)C1C=CC=CC1C2=O)c1ccnc2ccc(OC)cc12. The Morgan fingerprint density at radius 1 is 0.711 bits per heavy atom.